The Morgan fingerprint density at radius 1 is 0.514 bits per heavy atom. The topological polar surface area (TPSA) is 82.9 Å². The molecule has 4 aromatic carbocycles. The van der Waals surface area contributed by atoms with E-state index < -0.39 is 17.9 Å². The molecular weight excluding hydrogens is 1190 g/mol. The van der Waals surface area contributed by atoms with Crippen molar-refractivity contribution in [2.75, 3.05) is 0 Å². The summed E-state index contributed by atoms with van der Waals surface area (Å²) in [6, 6.07) is 30.2. The van der Waals surface area contributed by atoms with E-state index in [1.54, 1.807) is 0 Å². The average molecular weight is 1260 g/mol. The number of aldehydes is 1. The Hall–Kier alpha value is -3.31. The number of hydrogen-bond donors (Lipinski definition) is 3. The number of hydrogen-bond acceptors (Lipinski definition) is 3. The van der Waals surface area contributed by atoms with E-state index in [1.165, 1.54) is 33.4 Å². The van der Waals surface area contributed by atoms with E-state index >= 15 is 0 Å². The Bertz CT molecular complexity index is 2930. The fraction of sp³-hybridized carbons (Fsp3) is 0.383. The van der Waals surface area contributed by atoms with Crippen molar-refractivity contribution >= 4 is 81.8 Å². The van der Waals surface area contributed by atoms with Crippen LogP contribution in [0.4, 0.5) is 0 Å². The van der Waals surface area contributed by atoms with Crippen LogP contribution in [-0.2, 0) is 32.5 Å². The van der Waals surface area contributed by atoms with Gasteiger partial charge in [-0.3, -0.25) is 4.79 Å². The van der Waals surface area contributed by atoms with Crippen molar-refractivity contribution in [1.82, 2.24) is 15.0 Å². The van der Waals surface area contributed by atoms with Crippen LogP contribution in [0.25, 0.3) is 0 Å². The summed E-state index contributed by atoms with van der Waals surface area (Å²) in [4.78, 5) is 21.7. The maximum Gasteiger partial charge on any atom is 0.000496 e. The number of carbonyl (C=O) groups is 1. The Morgan fingerprint density at radius 2 is 0.861 bits per heavy atom. The standard InChI is InChI=1S/C32H37BrN2O.C24H29BrO2.C4H5N.3ClH.In/c1-30(2,3)19-15-21(27(25-11-9-13-34-25)26-12-10-14-35-26)28-22(16-19)32(7,8)23-17-20(31(4,5)6)18-24(33)29(23)36-28;1-22(2,3)15-9-14(13-26)20-17(10-15)24(7,8)18-11-16(23(4,5)6)12-19(25)21(18)27-20;1-2-4-5-3-1;;;;/h9-18,27,34-35H,1-8H3;9-13H,1-8H3;1-5H;3*1H;/q;;;;;;+3/p-3. The van der Waals surface area contributed by atoms with Crippen molar-refractivity contribution in [3.8, 4) is 23.0 Å². The average Bonchev–Trinajstić information content (AvgIpc) is 4.11. The zero-order chi connectivity index (χ0) is 53.5. The third-order valence-corrected chi connectivity index (χ3v) is 14.9. The van der Waals surface area contributed by atoms with Crippen LogP contribution in [0.15, 0.2) is 119 Å². The molecule has 2 aliphatic rings. The Kier molecular flexibility index (Phi) is 17.8. The van der Waals surface area contributed by atoms with Gasteiger partial charge in [0, 0.05) is 74.8 Å². The Balaban J connectivity index is 0.000000206. The molecular formula is C60H71Br2Cl3InN3O3. The van der Waals surface area contributed by atoms with Crippen molar-refractivity contribution in [2.24, 2.45) is 0 Å². The van der Waals surface area contributed by atoms with Gasteiger partial charge in [-0.15, -0.1) is 0 Å². The molecule has 0 saturated heterocycles. The number of benzene rings is 4. The third kappa shape index (κ3) is 12.8. The molecule has 7 aromatic rings. The van der Waals surface area contributed by atoms with Crippen molar-refractivity contribution in [2.45, 2.75) is 149 Å². The second-order valence-corrected chi connectivity index (χ2v) is 40.3. The zero-order valence-electron chi connectivity index (χ0n) is 44.7. The second-order valence-electron chi connectivity index (χ2n) is 23.9. The summed E-state index contributed by atoms with van der Waals surface area (Å²) in [5.41, 5.74) is 13.3. The number of fused-ring (bicyclic) bond motifs is 4. The van der Waals surface area contributed by atoms with E-state index in [0.29, 0.717) is 11.3 Å². The van der Waals surface area contributed by atoms with Crippen LogP contribution in [0.2, 0.25) is 0 Å². The maximum atomic E-state index is 11.9. The van der Waals surface area contributed by atoms with Gasteiger partial charge in [0.25, 0.3) is 0 Å². The van der Waals surface area contributed by atoms with E-state index in [2.05, 4.69) is 224 Å². The van der Waals surface area contributed by atoms with Crippen LogP contribution in [0.5, 0.6) is 23.0 Å². The summed E-state index contributed by atoms with van der Waals surface area (Å²) in [5, 5.41) is 0. The largest absolute Gasteiger partial charge is 0.368 e. The van der Waals surface area contributed by atoms with Gasteiger partial charge in [0.15, 0.2) is 6.29 Å². The molecule has 0 aliphatic carbocycles. The molecule has 0 amide bonds. The summed E-state index contributed by atoms with van der Waals surface area (Å²) < 4.78 is 15.2. The van der Waals surface area contributed by atoms with Crippen LogP contribution >= 0.6 is 57.6 Å². The third-order valence-electron chi connectivity index (χ3n) is 13.7. The predicted octanol–water partition coefficient (Wildman–Crippen LogP) is 19.3. The van der Waals surface area contributed by atoms with Gasteiger partial charge < -0.3 is 24.4 Å². The molecule has 3 aromatic heterocycles. The molecule has 2 aliphatic heterocycles. The summed E-state index contributed by atoms with van der Waals surface area (Å²) in [6.07, 6.45) is 8.65. The van der Waals surface area contributed by atoms with Gasteiger partial charge in [-0.25, -0.2) is 0 Å². The maximum absolute atomic E-state index is 11.9. The first kappa shape index (κ1) is 58.0. The molecule has 72 heavy (non-hydrogen) atoms. The molecule has 0 bridgehead atoms. The molecule has 0 atom stereocenters. The van der Waals surface area contributed by atoms with Gasteiger partial charge in [-0.2, -0.15) is 0 Å². The van der Waals surface area contributed by atoms with Gasteiger partial charge in [0.2, 0.25) is 0 Å². The number of rotatable bonds is 4. The SMILES string of the molecule is CC(C)(C)c1cc(Br)c2c(c1)C(C)(C)c1cc(C(C)(C)C)cc(C(c3ccc[nH]3)c3ccc[nH]3)c1O2.CC(C)(C)c1cc(Br)c2c(c1)C(C)(C)c1cc(C(C)(C)C)cc(C=O)c1O2.[Cl][In]([Cl])[Cl].c1cc[nH]c1. The molecule has 3 N–H and O–H groups in total. The van der Waals surface area contributed by atoms with Crippen molar-refractivity contribution in [3.05, 3.63) is 186 Å². The summed E-state index contributed by atoms with van der Waals surface area (Å²) in [6.45, 7) is 35.9. The monoisotopic (exact) mass is 1260 g/mol. The van der Waals surface area contributed by atoms with Gasteiger partial charge in [-0.05, 0) is 130 Å². The first-order valence-corrected chi connectivity index (χ1v) is 38.5. The van der Waals surface area contributed by atoms with Gasteiger partial charge >= 0.3 is 43.6 Å². The summed E-state index contributed by atoms with van der Waals surface area (Å²) >= 11 is 5.37. The minimum atomic E-state index is -2.22. The minimum absolute atomic E-state index is 0.00368. The minimum Gasteiger partial charge on any atom is -0.368 e. The molecule has 0 fully saturated rings. The number of halogens is 5. The van der Waals surface area contributed by atoms with Crippen LogP contribution in [0.3, 0.4) is 0 Å². The number of carbonyl (C=O) groups excluding carboxylic acids is 1. The van der Waals surface area contributed by atoms with Crippen LogP contribution < -0.4 is 9.47 Å². The number of ether oxygens (including phenoxy) is 2. The van der Waals surface area contributed by atoms with Crippen LogP contribution in [0.1, 0.15) is 189 Å². The molecule has 12 heteroatoms. The quantitative estimate of drug-likeness (QED) is 0.154. The van der Waals surface area contributed by atoms with E-state index in [0.717, 1.165) is 60.6 Å². The summed E-state index contributed by atoms with van der Waals surface area (Å²) in [5.74, 6) is 3.36. The predicted molar refractivity (Wildman–Crippen MR) is 312 cm³/mol. The van der Waals surface area contributed by atoms with Crippen LogP contribution in [-0.4, -0.2) is 39.1 Å². The van der Waals surface area contributed by atoms with Gasteiger partial charge in [-0.1, -0.05) is 141 Å². The molecule has 6 nitrogen and oxygen atoms in total. The molecule has 382 valence electrons. The van der Waals surface area contributed by atoms with Crippen molar-refractivity contribution in [1.29, 1.82) is 0 Å². The smallest absolute Gasteiger partial charge is 0.000496 e. The van der Waals surface area contributed by atoms with E-state index in [9.17, 15) is 4.79 Å². The second kappa shape index (κ2) is 22.1. The number of aromatic amines is 3. The Morgan fingerprint density at radius 3 is 1.19 bits per heavy atom. The molecule has 5 heterocycles. The normalized spacial score (nSPS) is 14.2. The zero-order valence-corrected chi connectivity index (χ0v) is 53.5. The number of H-pyrrole nitrogens is 3. The van der Waals surface area contributed by atoms with E-state index in [-0.39, 0.29) is 38.4 Å². The molecule has 0 unspecified atom stereocenters. The van der Waals surface area contributed by atoms with E-state index in [4.69, 9.17) is 35.2 Å². The summed E-state index contributed by atoms with van der Waals surface area (Å²) in [7, 11) is 15.0. The molecule has 0 spiro atoms. The number of aromatic nitrogens is 3. The fourth-order valence-electron chi connectivity index (χ4n) is 9.14. The molecule has 0 radical (unpaired) electrons. The Labute approximate surface area is 464 Å². The first-order valence-electron chi connectivity index (χ1n) is 24.4. The van der Waals surface area contributed by atoms with E-state index in [1.807, 2.05) is 43.0 Å². The van der Waals surface area contributed by atoms with Crippen molar-refractivity contribution in [3.63, 3.8) is 0 Å². The van der Waals surface area contributed by atoms with Crippen LogP contribution in [0, 0.1) is 0 Å². The van der Waals surface area contributed by atoms with Crippen molar-refractivity contribution < 1.29 is 14.3 Å². The van der Waals surface area contributed by atoms with Gasteiger partial charge in [0.05, 0.1) is 20.4 Å². The fourth-order valence-corrected chi connectivity index (χ4v) is 10.2. The number of nitrogens with one attached hydrogen (secondary N) is 3. The first-order chi connectivity index (χ1) is 33.3. The molecule has 0 saturated carbocycles. The molecule has 9 rings (SSSR count). The van der Waals surface area contributed by atoms with Gasteiger partial charge in [0.1, 0.15) is 23.0 Å².